The lowest BCUT2D eigenvalue weighted by molar-refractivity contribution is -0.123. The molecule has 4 aliphatic carbocycles. The van der Waals surface area contributed by atoms with Crippen molar-refractivity contribution < 1.29 is 13.2 Å². The maximum absolute atomic E-state index is 12.2. The van der Waals surface area contributed by atoms with Crippen molar-refractivity contribution in [1.29, 1.82) is 0 Å². The number of hydrogen-bond donors (Lipinski definition) is 2. The molecule has 0 atom stereocenters. The lowest BCUT2D eigenvalue weighted by Crippen LogP contribution is -2.51. The molecule has 1 aromatic rings. The zero-order valence-electron chi connectivity index (χ0n) is 15.1. The number of amides is 1. The predicted molar refractivity (Wildman–Crippen MR) is 99.9 cm³/mol. The summed E-state index contributed by atoms with van der Waals surface area (Å²) >= 11 is 0. The van der Waals surface area contributed by atoms with E-state index >= 15 is 0 Å². The van der Waals surface area contributed by atoms with E-state index in [-0.39, 0.29) is 23.8 Å². The van der Waals surface area contributed by atoms with Crippen LogP contribution >= 0.6 is 0 Å². The second-order valence-corrected chi connectivity index (χ2v) is 10.4. The Morgan fingerprint density at radius 3 is 2.15 bits per heavy atom. The van der Waals surface area contributed by atoms with Crippen LogP contribution in [0.15, 0.2) is 35.2 Å². The van der Waals surface area contributed by atoms with E-state index in [1.54, 1.807) is 30.3 Å². The van der Waals surface area contributed by atoms with Crippen LogP contribution in [0.1, 0.15) is 44.9 Å². The topological polar surface area (TPSA) is 75.3 Å². The van der Waals surface area contributed by atoms with Gasteiger partial charge in [0.25, 0.3) is 0 Å². The normalized spacial score (nSPS) is 32.5. The Bertz CT molecular complexity index is 725. The van der Waals surface area contributed by atoms with Crippen LogP contribution in [0.3, 0.4) is 0 Å². The van der Waals surface area contributed by atoms with Gasteiger partial charge in [-0.1, -0.05) is 18.2 Å². The monoisotopic (exact) mass is 376 g/mol. The first-order valence-electron chi connectivity index (χ1n) is 9.76. The third kappa shape index (κ3) is 3.81. The van der Waals surface area contributed by atoms with Gasteiger partial charge in [0, 0.05) is 19.5 Å². The quantitative estimate of drug-likeness (QED) is 0.768. The summed E-state index contributed by atoms with van der Waals surface area (Å²) < 4.78 is 26.8. The third-order valence-corrected chi connectivity index (χ3v) is 8.00. The van der Waals surface area contributed by atoms with Gasteiger partial charge in [-0.2, -0.15) is 0 Å². The SMILES string of the molecule is O=C(CCNS(=O)(=O)c1ccccc1)NCC12CC3CC(CC(C3)C1)C2. The molecule has 142 valence electrons. The molecule has 5 rings (SSSR count). The summed E-state index contributed by atoms with van der Waals surface area (Å²) in [5.41, 5.74) is 0.313. The molecule has 5 nitrogen and oxygen atoms in total. The van der Waals surface area contributed by atoms with Crippen molar-refractivity contribution in [3.63, 3.8) is 0 Å². The maximum atomic E-state index is 12.2. The summed E-state index contributed by atoms with van der Waals surface area (Å²) in [5.74, 6) is 2.55. The molecule has 4 saturated carbocycles. The van der Waals surface area contributed by atoms with Crippen molar-refractivity contribution in [3.05, 3.63) is 30.3 Å². The van der Waals surface area contributed by atoms with Gasteiger partial charge in [-0.05, 0) is 73.8 Å². The van der Waals surface area contributed by atoms with Crippen LogP contribution in [0.4, 0.5) is 0 Å². The summed E-state index contributed by atoms with van der Waals surface area (Å²) in [6, 6.07) is 8.25. The Morgan fingerprint density at radius 2 is 1.58 bits per heavy atom. The summed E-state index contributed by atoms with van der Waals surface area (Å²) in [6.07, 6.45) is 8.16. The lowest BCUT2D eigenvalue weighted by Gasteiger charge is -2.56. The Labute approximate surface area is 156 Å². The predicted octanol–water partition coefficient (Wildman–Crippen LogP) is 2.69. The first kappa shape index (κ1) is 18.0. The van der Waals surface area contributed by atoms with E-state index in [9.17, 15) is 13.2 Å². The highest BCUT2D eigenvalue weighted by Gasteiger charge is 2.50. The average Bonchev–Trinajstić information content (AvgIpc) is 2.60. The molecule has 0 spiro atoms. The zero-order chi connectivity index (χ0) is 18.2. The Hall–Kier alpha value is -1.40. The van der Waals surface area contributed by atoms with E-state index in [1.807, 2.05) is 0 Å². The minimum absolute atomic E-state index is 0.0588. The molecular formula is C20H28N2O3S. The average molecular weight is 377 g/mol. The minimum atomic E-state index is -3.54. The van der Waals surface area contributed by atoms with Crippen molar-refractivity contribution >= 4 is 15.9 Å². The summed E-state index contributed by atoms with van der Waals surface area (Å²) in [5, 5.41) is 3.09. The van der Waals surface area contributed by atoms with Crippen molar-refractivity contribution in [2.24, 2.45) is 23.2 Å². The molecule has 0 aliphatic heterocycles. The highest BCUT2D eigenvalue weighted by Crippen LogP contribution is 2.59. The van der Waals surface area contributed by atoms with Crippen molar-refractivity contribution in [2.75, 3.05) is 13.1 Å². The molecule has 6 heteroatoms. The van der Waals surface area contributed by atoms with E-state index in [4.69, 9.17) is 0 Å². The van der Waals surface area contributed by atoms with Gasteiger partial charge < -0.3 is 5.32 Å². The molecule has 1 aromatic carbocycles. The number of nitrogens with one attached hydrogen (secondary N) is 2. The second-order valence-electron chi connectivity index (χ2n) is 8.66. The molecule has 0 heterocycles. The Kier molecular flexibility index (Phi) is 4.82. The molecule has 0 saturated heterocycles. The Morgan fingerprint density at radius 1 is 1.00 bits per heavy atom. The van der Waals surface area contributed by atoms with E-state index in [0.29, 0.717) is 5.41 Å². The molecular weight excluding hydrogens is 348 g/mol. The van der Waals surface area contributed by atoms with Gasteiger partial charge in [0.05, 0.1) is 4.90 Å². The number of benzene rings is 1. The summed E-state index contributed by atoms with van der Waals surface area (Å²) in [6.45, 7) is 0.894. The first-order chi connectivity index (χ1) is 12.4. The fourth-order valence-electron chi connectivity index (χ4n) is 5.86. The molecule has 4 aliphatic rings. The molecule has 0 radical (unpaired) electrons. The molecule has 26 heavy (non-hydrogen) atoms. The largest absolute Gasteiger partial charge is 0.356 e. The van der Waals surface area contributed by atoms with Crippen LogP contribution < -0.4 is 10.0 Å². The van der Waals surface area contributed by atoms with Gasteiger partial charge >= 0.3 is 0 Å². The van der Waals surface area contributed by atoms with Crippen LogP contribution in [0.5, 0.6) is 0 Å². The summed E-state index contributed by atoms with van der Waals surface area (Å²) in [4.78, 5) is 12.4. The second kappa shape index (κ2) is 6.97. The Balaban J connectivity index is 1.24. The summed E-state index contributed by atoms with van der Waals surface area (Å²) in [7, 11) is -3.54. The fraction of sp³-hybridized carbons (Fsp3) is 0.650. The van der Waals surface area contributed by atoms with Crippen LogP contribution in [0.25, 0.3) is 0 Å². The number of carbonyl (C=O) groups is 1. The van der Waals surface area contributed by atoms with E-state index in [0.717, 1.165) is 24.3 Å². The molecule has 0 unspecified atom stereocenters. The van der Waals surface area contributed by atoms with Gasteiger partial charge in [-0.25, -0.2) is 13.1 Å². The van der Waals surface area contributed by atoms with Gasteiger partial charge in [-0.3, -0.25) is 4.79 Å². The number of hydrogen-bond acceptors (Lipinski definition) is 3. The highest BCUT2D eigenvalue weighted by atomic mass is 32.2. The van der Waals surface area contributed by atoms with E-state index in [1.165, 1.54) is 38.5 Å². The van der Waals surface area contributed by atoms with Crippen LogP contribution in [0.2, 0.25) is 0 Å². The molecule has 1 amide bonds. The standard InChI is InChI=1S/C20H28N2O3S/c23-19(6-7-22-26(24,25)18-4-2-1-3-5-18)21-14-20-11-15-8-16(12-20)10-17(9-15)13-20/h1-5,15-17,22H,6-14H2,(H,21,23). The lowest BCUT2D eigenvalue weighted by atomic mass is 9.49. The molecule has 0 aromatic heterocycles. The van der Waals surface area contributed by atoms with Crippen LogP contribution in [-0.4, -0.2) is 27.4 Å². The van der Waals surface area contributed by atoms with Crippen molar-refractivity contribution in [3.8, 4) is 0 Å². The van der Waals surface area contributed by atoms with Gasteiger partial charge in [0.15, 0.2) is 0 Å². The highest BCUT2D eigenvalue weighted by molar-refractivity contribution is 7.89. The molecule has 4 bridgehead atoms. The molecule has 2 N–H and O–H groups in total. The van der Waals surface area contributed by atoms with Gasteiger partial charge in [0.1, 0.15) is 0 Å². The van der Waals surface area contributed by atoms with E-state index < -0.39 is 10.0 Å². The van der Waals surface area contributed by atoms with Crippen molar-refractivity contribution in [2.45, 2.75) is 49.8 Å². The molecule has 4 fully saturated rings. The van der Waals surface area contributed by atoms with Gasteiger partial charge in [-0.15, -0.1) is 0 Å². The van der Waals surface area contributed by atoms with Crippen LogP contribution in [0, 0.1) is 23.2 Å². The van der Waals surface area contributed by atoms with Crippen LogP contribution in [-0.2, 0) is 14.8 Å². The minimum Gasteiger partial charge on any atom is -0.356 e. The first-order valence-corrected chi connectivity index (χ1v) is 11.2. The van der Waals surface area contributed by atoms with Gasteiger partial charge in [0.2, 0.25) is 15.9 Å². The number of rotatable bonds is 7. The zero-order valence-corrected chi connectivity index (χ0v) is 15.9. The number of sulfonamides is 1. The maximum Gasteiger partial charge on any atom is 0.240 e. The fourth-order valence-corrected chi connectivity index (χ4v) is 6.92. The van der Waals surface area contributed by atoms with E-state index in [2.05, 4.69) is 10.0 Å². The number of carbonyl (C=O) groups excluding carboxylic acids is 1. The van der Waals surface area contributed by atoms with Crippen molar-refractivity contribution in [1.82, 2.24) is 10.0 Å². The smallest absolute Gasteiger partial charge is 0.240 e. The third-order valence-electron chi connectivity index (χ3n) is 6.52.